The largest absolute Gasteiger partial charge is 0.496 e. The molecule has 3 nitrogen and oxygen atoms in total. The summed E-state index contributed by atoms with van der Waals surface area (Å²) in [7, 11) is 3.12. The Kier molecular flexibility index (Phi) is 4.17. The fourth-order valence-electron chi connectivity index (χ4n) is 1.24. The maximum atomic E-state index is 9.67. The van der Waals surface area contributed by atoms with Crippen molar-refractivity contribution >= 4 is 15.9 Å². The average molecular weight is 273 g/mol. The molecule has 0 spiro atoms. The van der Waals surface area contributed by atoms with Crippen LogP contribution in [0.1, 0.15) is 11.7 Å². The second-order valence-electron chi connectivity index (χ2n) is 2.91. The summed E-state index contributed by atoms with van der Waals surface area (Å²) in [4.78, 5) is 0. The molecule has 1 aromatic rings. The Morgan fingerprint density at radius 1 is 1.33 bits per heavy atom. The van der Waals surface area contributed by atoms with E-state index in [9.17, 15) is 5.11 Å². The Labute approximate surface area is 97.5 Å². The molecule has 0 aliphatic rings. The van der Waals surface area contributed by atoms with Gasteiger partial charge in [-0.15, -0.1) is 6.58 Å². The van der Waals surface area contributed by atoms with Crippen molar-refractivity contribution in [3.05, 3.63) is 34.8 Å². The van der Waals surface area contributed by atoms with Crippen molar-refractivity contribution in [2.75, 3.05) is 14.2 Å². The molecule has 0 aromatic heterocycles. The van der Waals surface area contributed by atoms with Gasteiger partial charge in [0, 0.05) is 11.6 Å². The Morgan fingerprint density at radius 2 is 1.93 bits per heavy atom. The normalized spacial score (nSPS) is 12.0. The third-order valence-corrected chi connectivity index (χ3v) is 2.67. The molecule has 0 bridgehead atoms. The van der Waals surface area contributed by atoms with E-state index in [4.69, 9.17) is 9.47 Å². The molecular formula is C11H13BrO3. The SMILES string of the molecule is C=CC(O)c1cc(Br)c(OC)cc1OC. The number of ether oxygens (including phenoxy) is 2. The topological polar surface area (TPSA) is 38.7 Å². The molecule has 82 valence electrons. The van der Waals surface area contributed by atoms with Gasteiger partial charge in [0.05, 0.1) is 18.7 Å². The quantitative estimate of drug-likeness (QED) is 0.857. The van der Waals surface area contributed by atoms with E-state index in [1.807, 2.05) is 0 Å². The first kappa shape index (κ1) is 12.1. The molecule has 1 atom stereocenters. The van der Waals surface area contributed by atoms with Crippen molar-refractivity contribution in [2.24, 2.45) is 0 Å². The van der Waals surface area contributed by atoms with E-state index in [0.717, 1.165) is 4.47 Å². The van der Waals surface area contributed by atoms with Crippen molar-refractivity contribution in [1.29, 1.82) is 0 Å². The summed E-state index contributed by atoms with van der Waals surface area (Å²) in [6, 6.07) is 3.47. The minimum absolute atomic E-state index is 0.572. The van der Waals surface area contributed by atoms with E-state index >= 15 is 0 Å². The first-order valence-corrected chi connectivity index (χ1v) is 5.15. The first-order valence-electron chi connectivity index (χ1n) is 4.36. The number of hydrogen-bond donors (Lipinski definition) is 1. The van der Waals surface area contributed by atoms with E-state index in [1.54, 1.807) is 26.4 Å². The van der Waals surface area contributed by atoms with E-state index in [0.29, 0.717) is 17.1 Å². The highest BCUT2D eigenvalue weighted by Crippen LogP contribution is 2.35. The number of aliphatic hydroxyl groups is 1. The summed E-state index contributed by atoms with van der Waals surface area (Å²) in [5, 5.41) is 9.67. The highest BCUT2D eigenvalue weighted by atomic mass is 79.9. The number of hydrogen-bond acceptors (Lipinski definition) is 3. The third-order valence-electron chi connectivity index (χ3n) is 2.05. The fraction of sp³-hybridized carbons (Fsp3) is 0.273. The van der Waals surface area contributed by atoms with Gasteiger partial charge in [-0.3, -0.25) is 0 Å². The predicted octanol–water partition coefficient (Wildman–Crippen LogP) is 2.69. The molecular weight excluding hydrogens is 260 g/mol. The van der Waals surface area contributed by atoms with Crippen LogP contribution in [0, 0.1) is 0 Å². The lowest BCUT2D eigenvalue weighted by Crippen LogP contribution is -1.99. The summed E-state index contributed by atoms with van der Waals surface area (Å²) in [5.74, 6) is 1.23. The first-order chi connectivity index (χ1) is 7.13. The fourth-order valence-corrected chi connectivity index (χ4v) is 1.76. The minimum Gasteiger partial charge on any atom is -0.496 e. The van der Waals surface area contributed by atoms with Gasteiger partial charge in [-0.25, -0.2) is 0 Å². The van der Waals surface area contributed by atoms with E-state index < -0.39 is 6.10 Å². The highest BCUT2D eigenvalue weighted by Gasteiger charge is 2.14. The standard InChI is InChI=1S/C11H13BrO3/c1-4-9(13)7-5-8(12)11(15-3)6-10(7)14-2/h4-6,9,13H,1H2,2-3H3. The molecule has 1 aromatic carbocycles. The minimum atomic E-state index is -0.748. The maximum absolute atomic E-state index is 9.67. The zero-order chi connectivity index (χ0) is 11.4. The number of methoxy groups -OCH3 is 2. The zero-order valence-corrected chi connectivity index (χ0v) is 10.2. The van der Waals surface area contributed by atoms with Crippen molar-refractivity contribution in [1.82, 2.24) is 0 Å². The summed E-state index contributed by atoms with van der Waals surface area (Å²) in [6.07, 6.45) is 0.693. The number of rotatable bonds is 4. The van der Waals surface area contributed by atoms with E-state index in [-0.39, 0.29) is 0 Å². The second-order valence-corrected chi connectivity index (χ2v) is 3.76. The summed E-state index contributed by atoms with van der Waals surface area (Å²) in [6.45, 7) is 3.53. The van der Waals surface area contributed by atoms with Crippen LogP contribution in [-0.4, -0.2) is 19.3 Å². The number of benzene rings is 1. The van der Waals surface area contributed by atoms with Crippen LogP contribution in [0.3, 0.4) is 0 Å². The van der Waals surface area contributed by atoms with Gasteiger partial charge < -0.3 is 14.6 Å². The van der Waals surface area contributed by atoms with Crippen LogP contribution in [-0.2, 0) is 0 Å². The second kappa shape index (κ2) is 5.19. The Bertz CT molecular complexity index is 363. The molecule has 1 rings (SSSR count). The summed E-state index contributed by atoms with van der Waals surface area (Å²) < 4.78 is 11.0. The van der Waals surface area contributed by atoms with E-state index in [2.05, 4.69) is 22.5 Å². The van der Waals surface area contributed by atoms with Crippen LogP contribution in [0.4, 0.5) is 0 Å². The van der Waals surface area contributed by atoms with Gasteiger partial charge in [0.2, 0.25) is 0 Å². The van der Waals surface area contributed by atoms with Crippen LogP contribution in [0.5, 0.6) is 11.5 Å². The van der Waals surface area contributed by atoms with Gasteiger partial charge in [-0.2, -0.15) is 0 Å². The molecule has 15 heavy (non-hydrogen) atoms. The lowest BCUT2D eigenvalue weighted by atomic mass is 10.1. The molecule has 1 N–H and O–H groups in total. The van der Waals surface area contributed by atoms with Gasteiger partial charge in [-0.05, 0) is 22.0 Å². The number of aliphatic hydroxyl groups excluding tert-OH is 1. The molecule has 0 saturated heterocycles. The lowest BCUT2D eigenvalue weighted by molar-refractivity contribution is 0.223. The summed E-state index contributed by atoms with van der Waals surface area (Å²) >= 11 is 3.34. The van der Waals surface area contributed by atoms with Crippen LogP contribution < -0.4 is 9.47 Å². The Hall–Kier alpha value is -1.00. The molecule has 0 saturated carbocycles. The highest BCUT2D eigenvalue weighted by molar-refractivity contribution is 9.10. The molecule has 0 aliphatic carbocycles. The molecule has 0 aliphatic heterocycles. The molecule has 0 heterocycles. The maximum Gasteiger partial charge on any atom is 0.136 e. The van der Waals surface area contributed by atoms with Gasteiger partial charge in [-0.1, -0.05) is 6.08 Å². The summed E-state index contributed by atoms with van der Waals surface area (Å²) in [5.41, 5.74) is 0.653. The predicted molar refractivity (Wildman–Crippen MR) is 62.4 cm³/mol. The van der Waals surface area contributed by atoms with Crippen molar-refractivity contribution in [3.8, 4) is 11.5 Å². The van der Waals surface area contributed by atoms with E-state index in [1.165, 1.54) is 6.08 Å². The van der Waals surface area contributed by atoms with Crippen LogP contribution in [0.2, 0.25) is 0 Å². The van der Waals surface area contributed by atoms with Crippen LogP contribution in [0.15, 0.2) is 29.3 Å². The van der Waals surface area contributed by atoms with Crippen molar-refractivity contribution in [3.63, 3.8) is 0 Å². The smallest absolute Gasteiger partial charge is 0.136 e. The third kappa shape index (κ3) is 2.52. The van der Waals surface area contributed by atoms with Gasteiger partial charge in [0.15, 0.2) is 0 Å². The van der Waals surface area contributed by atoms with Crippen LogP contribution in [0.25, 0.3) is 0 Å². The van der Waals surface area contributed by atoms with Crippen molar-refractivity contribution in [2.45, 2.75) is 6.10 Å². The number of halogens is 1. The lowest BCUT2D eigenvalue weighted by Gasteiger charge is -2.14. The van der Waals surface area contributed by atoms with Crippen LogP contribution >= 0.6 is 15.9 Å². The molecule has 0 amide bonds. The molecule has 1 unspecified atom stereocenters. The molecule has 0 radical (unpaired) electrons. The molecule has 4 heteroatoms. The van der Waals surface area contributed by atoms with Gasteiger partial charge >= 0.3 is 0 Å². The Balaban J connectivity index is 3.26. The molecule has 0 fully saturated rings. The van der Waals surface area contributed by atoms with Gasteiger partial charge in [0.1, 0.15) is 17.6 Å². The monoisotopic (exact) mass is 272 g/mol. The Morgan fingerprint density at radius 3 is 2.40 bits per heavy atom. The van der Waals surface area contributed by atoms with Crippen molar-refractivity contribution < 1.29 is 14.6 Å². The van der Waals surface area contributed by atoms with Gasteiger partial charge in [0.25, 0.3) is 0 Å². The zero-order valence-electron chi connectivity index (χ0n) is 8.66. The average Bonchev–Trinajstić information content (AvgIpc) is 2.27.